The summed E-state index contributed by atoms with van der Waals surface area (Å²) in [5.74, 6) is 0.391. The highest BCUT2D eigenvalue weighted by atomic mass is 32.2. The van der Waals surface area contributed by atoms with Gasteiger partial charge < -0.3 is 14.5 Å². The van der Waals surface area contributed by atoms with Crippen molar-refractivity contribution in [2.24, 2.45) is 0 Å². The second-order valence-corrected chi connectivity index (χ2v) is 8.13. The van der Waals surface area contributed by atoms with Crippen molar-refractivity contribution in [2.75, 3.05) is 13.2 Å². The lowest BCUT2D eigenvalue weighted by Gasteiger charge is -2.06. The first-order valence-electron chi connectivity index (χ1n) is 9.06. The number of carbonyl (C=O) groups is 1. The van der Waals surface area contributed by atoms with Gasteiger partial charge in [-0.1, -0.05) is 53.6 Å². The van der Waals surface area contributed by atoms with Gasteiger partial charge in [0.1, 0.15) is 5.75 Å². The van der Waals surface area contributed by atoms with Crippen LogP contribution < -0.4 is 10.1 Å². The van der Waals surface area contributed by atoms with E-state index in [9.17, 15) is 13.2 Å². The van der Waals surface area contributed by atoms with Crippen molar-refractivity contribution >= 4 is 15.7 Å². The van der Waals surface area contributed by atoms with Gasteiger partial charge in [0.2, 0.25) is 15.7 Å². The number of amides is 1. The van der Waals surface area contributed by atoms with Crippen LogP contribution in [0.15, 0.2) is 70.3 Å². The van der Waals surface area contributed by atoms with Crippen LogP contribution in [0.3, 0.4) is 0 Å². The number of aryl methyl sites for hydroxylation is 1. The zero-order valence-electron chi connectivity index (χ0n) is 15.7. The number of aromatic nitrogens is 2. The topological polar surface area (TPSA) is 111 Å². The van der Waals surface area contributed by atoms with Gasteiger partial charge in [0.25, 0.3) is 5.91 Å². The summed E-state index contributed by atoms with van der Waals surface area (Å²) in [7, 11) is -3.70. The van der Waals surface area contributed by atoms with Gasteiger partial charge in [-0.15, -0.1) is 5.10 Å². The third-order valence-electron chi connectivity index (χ3n) is 3.92. The molecule has 1 heterocycles. The molecule has 9 heteroatoms. The Labute approximate surface area is 168 Å². The van der Waals surface area contributed by atoms with Gasteiger partial charge in [0.05, 0.1) is 5.75 Å². The monoisotopic (exact) mass is 415 g/mol. The molecule has 2 aromatic carbocycles. The van der Waals surface area contributed by atoms with Crippen molar-refractivity contribution in [1.82, 2.24) is 15.5 Å². The number of hydrogen-bond donors (Lipinski definition) is 1. The Morgan fingerprint density at radius 2 is 1.69 bits per heavy atom. The number of benzene rings is 2. The molecular weight excluding hydrogens is 394 g/mol. The van der Waals surface area contributed by atoms with Crippen LogP contribution in [-0.2, 0) is 26.8 Å². The van der Waals surface area contributed by atoms with Crippen LogP contribution in [0.1, 0.15) is 17.9 Å². The molecule has 0 aliphatic rings. The first-order valence-corrected chi connectivity index (χ1v) is 10.7. The zero-order valence-corrected chi connectivity index (χ0v) is 16.5. The number of ether oxygens (including phenoxy) is 1. The summed E-state index contributed by atoms with van der Waals surface area (Å²) >= 11 is 0. The molecule has 0 atom stereocenters. The Morgan fingerprint density at radius 3 is 2.41 bits per heavy atom. The van der Waals surface area contributed by atoms with Gasteiger partial charge in [-0.25, -0.2) is 8.42 Å². The minimum Gasteiger partial charge on any atom is -0.484 e. The fourth-order valence-corrected chi connectivity index (χ4v) is 3.65. The molecule has 152 valence electrons. The lowest BCUT2D eigenvalue weighted by atomic mass is 10.2. The molecule has 0 saturated carbocycles. The second-order valence-electron chi connectivity index (χ2n) is 6.26. The van der Waals surface area contributed by atoms with E-state index in [2.05, 4.69) is 15.5 Å². The number of hydrogen-bond acceptors (Lipinski definition) is 7. The molecule has 3 aromatic rings. The average molecular weight is 415 g/mol. The first-order chi connectivity index (χ1) is 14.0. The van der Waals surface area contributed by atoms with Crippen LogP contribution in [0.25, 0.3) is 0 Å². The van der Waals surface area contributed by atoms with Gasteiger partial charge in [0, 0.05) is 13.0 Å². The largest absolute Gasteiger partial charge is 0.484 e. The molecule has 0 fully saturated rings. The van der Waals surface area contributed by atoms with Gasteiger partial charge in [-0.05, 0) is 24.1 Å². The minimum absolute atomic E-state index is 0.0769. The molecule has 0 radical (unpaired) electrons. The summed E-state index contributed by atoms with van der Waals surface area (Å²) in [6, 6.07) is 17.8. The molecule has 3 rings (SSSR count). The molecule has 1 amide bonds. The molecule has 0 saturated heterocycles. The van der Waals surface area contributed by atoms with Crippen molar-refractivity contribution in [3.8, 4) is 5.75 Å². The Balaban J connectivity index is 1.40. The van der Waals surface area contributed by atoms with Crippen molar-refractivity contribution in [3.63, 3.8) is 0 Å². The quantitative estimate of drug-likeness (QED) is 0.505. The molecule has 0 unspecified atom stereocenters. The molecule has 0 bridgehead atoms. The van der Waals surface area contributed by atoms with Crippen LogP contribution in [0.4, 0.5) is 0 Å². The smallest absolute Gasteiger partial charge is 0.335 e. The fraction of sp³-hybridized carbons (Fsp3) is 0.250. The summed E-state index contributed by atoms with van der Waals surface area (Å²) < 4.78 is 35.4. The van der Waals surface area contributed by atoms with Crippen molar-refractivity contribution in [1.29, 1.82) is 0 Å². The van der Waals surface area contributed by atoms with Crippen molar-refractivity contribution < 1.29 is 22.4 Å². The molecule has 8 nitrogen and oxygen atoms in total. The Bertz CT molecular complexity index is 1020. The van der Waals surface area contributed by atoms with E-state index < -0.39 is 15.1 Å². The van der Waals surface area contributed by atoms with Crippen molar-refractivity contribution in [2.45, 2.75) is 23.8 Å². The van der Waals surface area contributed by atoms with Crippen LogP contribution >= 0.6 is 0 Å². The van der Waals surface area contributed by atoms with E-state index in [0.29, 0.717) is 30.7 Å². The highest BCUT2D eigenvalue weighted by molar-refractivity contribution is 7.90. The van der Waals surface area contributed by atoms with Crippen LogP contribution in [0, 0.1) is 0 Å². The Hall–Kier alpha value is -3.20. The number of para-hydroxylation sites is 1. The van der Waals surface area contributed by atoms with Crippen LogP contribution in [0.2, 0.25) is 0 Å². The van der Waals surface area contributed by atoms with E-state index in [4.69, 9.17) is 9.15 Å². The maximum Gasteiger partial charge on any atom is 0.335 e. The van der Waals surface area contributed by atoms with Gasteiger partial charge in [-0.3, -0.25) is 4.79 Å². The van der Waals surface area contributed by atoms with Gasteiger partial charge in [0.15, 0.2) is 6.61 Å². The number of rotatable bonds is 10. The van der Waals surface area contributed by atoms with Crippen LogP contribution in [0.5, 0.6) is 5.75 Å². The van der Waals surface area contributed by atoms with Crippen molar-refractivity contribution in [3.05, 3.63) is 72.1 Å². The summed E-state index contributed by atoms with van der Waals surface area (Å²) in [5, 5.41) is 9.76. The SMILES string of the molecule is O=C(COc1ccccc1)NCCCc1nnc(S(=O)(=O)Cc2ccccc2)o1. The summed E-state index contributed by atoms with van der Waals surface area (Å²) in [4.78, 5) is 11.8. The maximum absolute atomic E-state index is 12.4. The molecule has 0 spiro atoms. The highest BCUT2D eigenvalue weighted by Gasteiger charge is 2.22. The molecule has 29 heavy (non-hydrogen) atoms. The van der Waals surface area contributed by atoms with Gasteiger partial charge in [-0.2, -0.15) is 0 Å². The third kappa shape index (κ3) is 6.42. The van der Waals surface area contributed by atoms with Crippen LogP contribution in [-0.4, -0.2) is 37.7 Å². The van der Waals surface area contributed by atoms with E-state index in [1.165, 1.54) is 0 Å². The number of carbonyl (C=O) groups excluding carboxylic acids is 1. The molecule has 0 aliphatic carbocycles. The average Bonchev–Trinajstić information content (AvgIpc) is 3.21. The maximum atomic E-state index is 12.4. The predicted octanol–water partition coefficient (Wildman–Crippen LogP) is 2.17. The number of sulfone groups is 1. The normalized spacial score (nSPS) is 11.2. The van der Waals surface area contributed by atoms with Gasteiger partial charge >= 0.3 is 5.22 Å². The first kappa shape index (κ1) is 20.5. The Morgan fingerprint density at radius 1 is 1.00 bits per heavy atom. The predicted molar refractivity (Wildman–Crippen MR) is 105 cm³/mol. The van der Waals surface area contributed by atoms with E-state index in [1.807, 2.05) is 24.3 Å². The van der Waals surface area contributed by atoms with E-state index in [0.717, 1.165) is 0 Å². The summed E-state index contributed by atoms with van der Waals surface area (Å²) in [6.07, 6.45) is 0.880. The number of nitrogens with zero attached hydrogens (tertiary/aromatic N) is 2. The third-order valence-corrected chi connectivity index (χ3v) is 5.33. The second kappa shape index (κ2) is 9.83. The fourth-order valence-electron chi connectivity index (χ4n) is 2.50. The summed E-state index contributed by atoms with van der Waals surface area (Å²) in [6.45, 7) is 0.303. The summed E-state index contributed by atoms with van der Waals surface area (Å²) in [5.41, 5.74) is 0.646. The van der Waals surface area contributed by atoms with E-state index >= 15 is 0 Å². The standard InChI is InChI=1S/C20H21N3O5S/c24-18(14-27-17-10-5-2-6-11-17)21-13-7-12-19-22-23-20(28-19)29(25,26)15-16-8-3-1-4-9-16/h1-6,8-11H,7,12-15H2,(H,21,24). The van der Waals surface area contributed by atoms with E-state index in [1.54, 1.807) is 36.4 Å². The zero-order chi connectivity index (χ0) is 20.5. The molecule has 0 aliphatic heterocycles. The minimum atomic E-state index is -3.70. The van der Waals surface area contributed by atoms with E-state index in [-0.39, 0.29) is 24.2 Å². The molecular formula is C20H21N3O5S. The lowest BCUT2D eigenvalue weighted by Crippen LogP contribution is -2.29. The highest BCUT2D eigenvalue weighted by Crippen LogP contribution is 2.15. The lowest BCUT2D eigenvalue weighted by molar-refractivity contribution is -0.123. The molecule has 1 N–H and O–H groups in total. The number of nitrogens with one attached hydrogen (secondary N) is 1. The molecule has 1 aromatic heterocycles. The Kier molecular flexibility index (Phi) is 6.96.